The second-order valence-electron chi connectivity index (χ2n) is 12.8. The monoisotopic (exact) mass is 614 g/mol. The Kier molecular flexibility index (Phi) is 6.92. The Morgan fingerprint density at radius 3 is 2.71 bits per heavy atom. The number of fused-ring (bicyclic) bond motifs is 4. The summed E-state index contributed by atoms with van der Waals surface area (Å²) in [5.74, 6) is -0.814. The third-order valence-corrected chi connectivity index (χ3v) is 8.84. The second-order valence-corrected chi connectivity index (χ2v) is 12.8. The number of ether oxygens (including phenoxy) is 2. The zero-order chi connectivity index (χ0) is 31.6. The van der Waals surface area contributed by atoms with Gasteiger partial charge < -0.3 is 28.8 Å². The first-order valence-electron chi connectivity index (χ1n) is 15.1. The molecule has 2 aliphatic heterocycles. The number of hydrogen-bond donors (Lipinski definition) is 1. The first-order chi connectivity index (χ1) is 21.5. The molecule has 234 valence electrons. The molecule has 1 aromatic carbocycles. The largest absolute Gasteiger partial charge is 0.461 e. The maximum atomic E-state index is 15.5. The number of halogens is 1. The Morgan fingerprint density at radius 2 is 1.93 bits per heavy atom. The van der Waals surface area contributed by atoms with Gasteiger partial charge in [-0.2, -0.15) is 5.10 Å². The van der Waals surface area contributed by atoms with Gasteiger partial charge in [-0.25, -0.2) is 4.39 Å². The van der Waals surface area contributed by atoms with Crippen molar-refractivity contribution in [3.63, 3.8) is 0 Å². The van der Waals surface area contributed by atoms with Gasteiger partial charge >= 0.3 is 5.97 Å². The molecule has 0 saturated carbocycles. The molecule has 5 heterocycles. The highest BCUT2D eigenvalue weighted by molar-refractivity contribution is 6.07. The lowest BCUT2D eigenvalue weighted by molar-refractivity contribution is -0.142. The van der Waals surface area contributed by atoms with Gasteiger partial charge in [0, 0.05) is 56.1 Å². The first-order valence-corrected chi connectivity index (χ1v) is 15.1. The van der Waals surface area contributed by atoms with Gasteiger partial charge in [0.1, 0.15) is 23.8 Å². The predicted octanol–water partition coefficient (Wildman–Crippen LogP) is 4.31. The zero-order valence-corrected chi connectivity index (χ0v) is 25.8. The number of amides is 1. The Morgan fingerprint density at radius 1 is 1.11 bits per heavy atom. The standard InChI is InChI=1S/C33H35FN6O5/c1-19(41)45-18-25-24(21-9-26(31(42)37(4)16-21)35-30-13-23-17-44-8-7-40(23)36-30)11-22(34)12-27(25)39-6-5-38-28(32(39)43)10-20-14-33(2,3)15-29(20)38/h9-13,16H,5-8,14-15,17-18H2,1-4H3,(H,35,36). The molecule has 0 spiro atoms. The van der Waals surface area contributed by atoms with Gasteiger partial charge in [-0.3, -0.25) is 19.1 Å². The highest BCUT2D eigenvalue weighted by Gasteiger charge is 2.37. The Hall–Kier alpha value is -4.71. The summed E-state index contributed by atoms with van der Waals surface area (Å²) in [6.07, 6.45) is 3.40. The SMILES string of the molecule is CC(=O)OCc1c(-c2cc(Nc3cc4n(n3)CCOC4)c(=O)n(C)c2)cc(F)cc1N1CCn2c(cc3c2CC(C)(C)C3)C1=O. The fraction of sp³-hybridized carbons (Fsp3) is 0.394. The molecule has 7 rings (SSSR count). The minimum absolute atomic E-state index is 0.149. The number of nitrogens with zero attached hydrogens (tertiary/aromatic N) is 5. The van der Waals surface area contributed by atoms with Crippen molar-refractivity contribution in [2.24, 2.45) is 12.5 Å². The van der Waals surface area contributed by atoms with Crippen molar-refractivity contribution in [2.45, 2.75) is 59.9 Å². The highest BCUT2D eigenvalue weighted by Crippen LogP contribution is 2.41. The van der Waals surface area contributed by atoms with Gasteiger partial charge in [-0.15, -0.1) is 0 Å². The van der Waals surface area contributed by atoms with Crippen LogP contribution in [0, 0.1) is 11.2 Å². The quantitative estimate of drug-likeness (QED) is 0.322. The molecular weight excluding hydrogens is 579 g/mol. The number of rotatable bonds is 6. The predicted molar refractivity (Wildman–Crippen MR) is 165 cm³/mol. The van der Waals surface area contributed by atoms with Crippen LogP contribution in [0.25, 0.3) is 11.1 Å². The first kappa shape index (κ1) is 29.0. The number of carbonyl (C=O) groups is 2. The highest BCUT2D eigenvalue weighted by atomic mass is 19.1. The fourth-order valence-corrected chi connectivity index (χ4v) is 6.83. The maximum absolute atomic E-state index is 15.5. The van der Waals surface area contributed by atoms with Crippen LogP contribution in [-0.4, -0.2) is 43.9 Å². The van der Waals surface area contributed by atoms with E-state index in [0.29, 0.717) is 66.7 Å². The minimum atomic E-state index is -0.560. The Balaban J connectivity index is 1.30. The molecular formula is C33H35FN6O5. The molecule has 0 saturated heterocycles. The molecule has 0 radical (unpaired) electrons. The summed E-state index contributed by atoms with van der Waals surface area (Å²) in [5.41, 5.74) is 5.63. The average Bonchev–Trinajstić information content (AvgIpc) is 3.64. The molecule has 0 unspecified atom stereocenters. The third-order valence-electron chi connectivity index (χ3n) is 8.84. The zero-order valence-electron chi connectivity index (χ0n) is 25.8. The summed E-state index contributed by atoms with van der Waals surface area (Å²) in [7, 11) is 1.61. The molecule has 0 atom stereocenters. The molecule has 4 aromatic rings. The van der Waals surface area contributed by atoms with E-state index in [1.165, 1.54) is 34.9 Å². The maximum Gasteiger partial charge on any atom is 0.302 e. The van der Waals surface area contributed by atoms with Crippen molar-refractivity contribution >= 4 is 29.1 Å². The van der Waals surface area contributed by atoms with Crippen LogP contribution in [0.2, 0.25) is 0 Å². The molecule has 0 bridgehead atoms. The summed E-state index contributed by atoms with van der Waals surface area (Å²) in [6.45, 7) is 8.07. The van der Waals surface area contributed by atoms with Crippen LogP contribution in [0.5, 0.6) is 0 Å². The second kappa shape index (κ2) is 10.7. The van der Waals surface area contributed by atoms with Crippen molar-refractivity contribution in [3.8, 4) is 11.1 Å². The fourth-order valence-electron chi connectivity index (χ4n) is 6.83. The lowest BCUT2D eigenvalue weighted by atomic mass is 9.90. The van der Waals surface area contributed by atoms with Gasteiger partial charge in [0.05, 0.1) is 31.1 Å². The number of aryl methyl sites for hydroxylation is 1. The van der Waals surface area contributed by atoms with Gasteiger partial charge in [-0.1, -0.05) is 13.8 Å². The molecule has 3 aromatic heterocycles. The van der Waals surface area contributed by atoms with E-state index in [9.17, 15) is 14.4 Å². The molecule has 3 aliphatic rings. The number of benzene rings is 1. The van der Waals surface area contributed by atoms with E-state index in [1.807, 2.05) is 16.8 Å². The average molecular weight is 615 g/mol. The van der Waals surface area contributed by atoms with E-state index >= 15 is 4.39 Å². The van der Waals surface area contributed by atoms with Gasteiger partial charge in [0.15, 0.2) is 5.82 Å². The summed E-state index contributed by atoms with van der Waals surface area (Å²) < 4.78 is 31.8. The van der Waals surface area contributed by atoms with E-state index in [2.05, 4.69) is 28.8 Å². The topological polar surface area (TPSA) is 113 Å². The van der Waals surface area contributed by atoms with Crippen LogP contribution in [0.3, 0.4) is 0 Å². The summed E-state index contributed by atoms with van der Waals surface area (Å²) >= 11 is 0. The number of carbonyl (C=O) groups excluding carboxylic acids is 2. The van der Waals surface area contributed by atoms with E-state index in [-0.39, 0.29) is 29.2 Å². The Bertz CT molecular complexity index is 1910. The minimum Gasteiger partial charge on any atom is -0.461 e. The van der Waals surface area contributed by atoms with E-state index in [4.69, 9.17) is 9.47 Å². The van der Waals surface area contributed by atoms with Crippen LogP contribution in [0.1, 0.15) is 53.8 Å². The van der Waals surface area contributed by atoms with Crippen LogP contribution in [0.15, 0.2) is 41.3 Å². The smallest absolute Gasteiger partial charge is 0.302 e. The summed E-state index contributed by atoms with van der Waals surface area (Å²) in [5, 5.41) is 7.66. The van der Waals surface area contributed by atoms with Crippen molar-refractivity contribution in [1.29, 1.82) is 0 Å². The van der Waals surface area contributed by atoms with Crippen LogP contribution in [0.4, 0.5) is 21.6 Å². The number of aromatic nitrogens is 4. The summed E-state index contributed by atoms with van der Waals surface area (Å²) in [4.78, 5) is 40.7. The van der Waals surface area contributed by atoms with E-state index < -0.39 is 11.8 Å². The number of pyridine rings is 1. The molecule has 0 fully saturated rings. The van der Waals surface area contributed by atoms with Crippen molar-refractivity contribution in [2.75, 3.05) is 23.4 Å². The van der Waals surface area contributed by atoms with E-state index in [1.54, 1.807) is 24.2 Å². The normalized spacial score (nSPS) is 16.7. The molecule has 11 nitrogen and oxygen atoms in total. The number of nitrogens with one attached hydrogen (secondary N) is 1. The molecule has 45 heavy (non-hydrogen) atoms. The molecule has 1 aliphatic carbocycles. The van der Waals surface area contributed by atoms with Gasteiger partial charge in [-0.05, 0) is 53.6 Å². The lowest BCUT2D eigenvalue weighted by Gasteiger charge is -2.32. The van der Waals surface area contributed by atoms with Gasteiger partial charge in [0.2, 0.25) is 0 Å². The van der Waals surface area contributed by atoms with Crippen molar-refractivity contribution in [1.82, 2.24) is 18.9 Å². The van der Waals surface area contributed by atoms with Crippen LogP contribution in [-0.2, 0) is 60.5 Å². The molecule has 12 heteroatoms. The number of hydrogen-bond acceptors (Lipinski definition) is 7. The number of anilines is 3. The molecule has 1 amide bonds. The van der Waals surface area contributed by atoms with Crippen LogP contribution < -0.4 is 15.8 Å². The summed E-state index contributed by atoms with van der Waals surface area (Å²) in [6, 6.07) is 8.07. The van der Waals surface area contributed by atoms with Crippen molar-refractivity contribution in [3.05, 3.63) is 80.9 Å². The Labute approximate surface area is 259 Å². The number of esters is 1. The molecule has 1 N–H and O–H groups in total. The van der Waals surface area contributed by atoms with Gasteiger partial charge in [0.25, 0.3) is 11.5 Å². The third kappa shape index (κ3) is 5.22. The lowest BCUT2D eigenvalue weighted by Crippen LogP contribution is -2.41. The van der Waals surface area contributed by atoms with Crippen LogP contribution >= 0.6 is 0 Å². The van der Waals surface area contributed by atoms with Crippen molar-refractivity contribution < 1.29 is 23.5 Å². The van der Waals surface area contributed by atoms with E-state index in [0.717, 1.165) is 18.5 Å².